The van der Waals surface area contributed by atoms with E-state index in [9.17, 15) is 23.1 Å². The highest BCUT2D eigenvalue weighted by Crippen LogP contribution is 2.62. The Morgan fingerprint density at radius 2 is 1.80 bits per heavy atom. The number of rotatable bonds is 3. The molecule has 4 aliphatic rings. The number of hydrogen-bond acceptors (Lipinski definition) is 2. The Kier molecular flexibility index (Phi) is 3.09. The van der Waals surface area contributed by atoms with Crippen molar-refractivity contribution < 1.29 is 23.1 Å². The summed E-state index contributed by atoms with van der Waals surface area (Å²) >= 11 is 0. The highest BCUT2D eigenvalue weighted by Gasteiger charge is 2.57. The van der Waals surface area contributed by atoms with Gasteiger partial charge in [0, 0.05) is 6.42 Å². The Bertz CT molecular complexity index is 407. The highest BCUT2D eigenvalue weighted by molar-refractivity contribution is 5.76. The molecule has 20 heavy (non-hydrogen) atoms. The summed E-state index contributed by atoms with van der Waals surface area (Å²) in [6.45, 7) is -1.26. The summed E-state index contributed by atoms with van der Waals surface area (Å²) in [4.78, 5) is 11.8. The van der Waals surface area contributed by atoms with Crippen LogP contribution < -0.4 is 5.32 Å². The van der Waals surface area contributed by atoms with Gasteiger partial charge in [-0.25, -0.2) is 0 Å². The number of carbonyl (C=O) groups excluding carboxylic acids is 1. The number of halogens is 3. The molecule has 4 fully saturated rings. The normalized spacial score (nSPS) is 42.8. The van der Waals surface area contributed by atoms with Gasteiger partial charge in [-0.1, -0.05) is 0 Å². The van der Waals surface area contributed by atoms with Crippen LogP contribution in [0.5, 0.6) is 0 Å². The van der Waals surface area contributed by atoms with Gasteiger partial charge in [-0.2, -0.15) is 13.2 Å². The van der Waals surface area contributed by atoms with Crippen LogP contribution in [0, 0.1) is 17.3 Å². The molecule has 0 aromatic rings. The first-order valence-corrected chi connectivity index (χ1v) is 7.23. The van der Waals surface area contributed by atoms with E-state index in [-0.39, 0.29) is 11.8 Å². The first-order valence-electron chi connectivity index (χ1n) is 7.23. The van der Waals surface area contributed by atoms with Crippen molar-refractivity contribution in [2.45, 2.75) is 56.7 Å². The molecule has 0 radical (unpaired) electrons. The molecule has 2 atom stereocenters. The summed E-state index contributed by atoms with van der Waals surface area (Å²) in [7, 11) is 0. The molecule has 2 N–H and O–H groups in total. The molecule has 0 spiro atoms. The summed E-state index contributed by atoms with van der Waals surface area (Å²) in [5.74, 6) is 0.348. The lowest BCUT2D eigenvalue weighted by Gasteiger charge is -2.60. The van der Waals surface area contributed by atoms with Crippen LogP contribution in [0.4, 0.5) is 13.2 Å². The average Bonchev–Trinajstić information content (AvgIpc) is 2.21. The molecule has 2 unspecified atom stereocenters. The van der Waals surface area contributed by atoms with Crippen molar-refractivity contribution in [3.63, 3.8) is 0 Å². The zero-order valence-electron chi connectivity index (χ0n) is 11.3. The summed E-state index contributed by atoms with van der Waals surface area (Å²) in [5.41, 5.74) is -0.942. The van der Waals surface area contributed by atoms with E-state index < -0.39 is 24.2 Å². The van der Waals surface area contributed by atoms with Crippen LogP contribution in [0.1, 0.15) is 44.9 Å². The van der Waals surface area contributed by atoms with Crippen molar-refractivity contribution in [3.05, 3.63) is 0 Å². The average molecular weight is 291 g/mol. The van der Waals surface area contributed by atoms with E-state index in [1.165, 1.54) is 0 Å². The van der Waals surface area contributed by atoms with Gasteiger partial charge in [-0.3, -0.25) is 4.79 Å². The molecule has 0 heterocycles. The second-order valence-corrected chi connectivity index (χ2v) is 7.25. The number of hydrogen-bond donors (Lipinski definition) is 2. The van der Waals surface area contributed by atoms with Crippen LogP contribution in [0.3, 0.4) is 0 Å². The monoisotopic (exact) mass is 291 g/mol. The Balaban J connectivity index is 1.64. The first-order chi connectivity index (χ1) is 9.17. The minimum atomic E-state index is -4.37. The molecule has 0 aromatic heterocycles. The first kappa shape index (κ1) is 14.2. The SMILES string of the molecule is O=C(CC12CC3CC(CC(O)(C3)C1)C2)NCC(F)(F)F. The van der Waals surface area contributed by atoms with E-state index in [0.29, 0.717) is 18.3 Å². The van der Waals surface area contributed by atoms with Crippen LogP contribution in [-0.2, 0) is 4.79 Å². The molecule has 0 saturated heterocycles. The minimum Gasteiger partial charge on any atom is -0.390 e. The lowest BCUT2D eigenvalue weighted by atomic mass is 9.47. The predicted octanol–water partition coefficient (Wildman–Crippen LogP) is 2.39. The molecule has 0 aromatic carbocycles. The second-order valence-electron chi connectivity index (χ2n) is 7.25. The van der Waals surface area contributed by atoms with Crippen LogP contribution in [0.25, 0.3) is 0 Å². The van der Waals surface area contributed by atoms with Gasteiger partial charge in [0.25, 0.3) is 0 Å². The summed E-state index contributed by atoms with van der Waals surface area (Å²) in [5, 5.41) is 12.5. The Labute approximate surface area is 115 Å². The van der Waals surface area contributed by atoms with Crippen LogP contribution in [0.2, 0.25) is 0 Å². The van der Waals surface area contributed by atoms with Crippen molar-refractivity contribution >= 4 is 5.91 Å². The van der Waals surface area contributed by atoms with Crippen LogP contribution in [0.15, 0.2) is 0 Å². The summed E-state index contributed by atoms with van der Waals surface area (Å²) < 4.78 is 36.4. The Morgan fingerprint density at radius 3 is 2.30 bits per heavy atom. The van der Waals surface area contributed by atoms with Gasteiger partial charge in [-0.15, -0.1) is 0 Å². The number of carbonyl (C=O) groups is 1. The van der Waals surface area contributed by atoms with Crippen LogP contribution in [-0.4, -0.2) is 29.3 Å². The number of amides is 1. The van der Waals surface area contributed by atoms with Gasteiger partial charge in [0.05, 0.1) is 5.60 Å². The van der Waals surface area contributed by atoms with Crippen LogP contribution >= 0.6 is 0 Å². The molecule has 0 aliphatic heterocycles. The fourth-order valence-electron chi connectivity index (χ4n) is 5.21. The maximum atomic E-state index is 12.1. The smallest absolute Gasteiger partial charge is 0.390 e. The highest BCUT2D eigenvalue weighted by atomic mass is 19.4. The third kappa shape index (κ3) is 2.80. The van der Waals surface area contributed by atoms with Crippen molar-refractivity contribution in [1.82, 2.24) is 5.32 Å². The summed E-state index contributed by atoms with van der Waals surface area (Å²) in [6.07, 6.45) is 0.801. The number of nitrogens with one attached hydrogen (secondary N) is 1. The van der Waals surface area contributed by atoms with Gasteiger partial charge in [0.1, 0.15) is 6.54 Å². The molecule has 4 bridgehead atoms. The van der Waals surface area contributed by atoms with Gasteiger partial charge in [-0.05, 0) is 55.8 Å². The van der Waals surface area contributed by atoms with E-state index in [4.69, 9.17) is 0 Å². The molecule has 1 amide bonds. The maximum Gasteiger partial charge on any atom is 0.405 e. The third-order valence-corrected chi connectivity index (χ3v) is 5.17. The molecule has 4 saturated carbocycles. The minimum absolute atomic E-state index is 0.123. The van der Waals surface area contributed by atoms with Gasteiger partial charge >= 0.3 is 6.18 Å². The third-order valence-electron chi connectivity index (χ3n) is 5.17. The Hall–Kier alpha value is -0.780. The largest absolute Gasteiger partial charge is 0.405 e. The molecule has 6 heteroatoms. The van der Waals surface area contributed by atoms with Crippen molar-refractivity contribution in [1.29, 1.82) is 0 Å². The van der Waals surface area contributed by atoms with E-state index in [1.807, 2.05) is 5.32 Å². The standard InChI is InChI=1S/C14H20F3NO2/c15-14(16,17)8-18-11(19)6-12-2-9-1-10(3-12)5-13(20,4-9)7-12/h9-10,20H,1-8H2,(H,18,19). The Morgan fingerprint density at radius 1 is 1.20 bits per heavy atom. The topological polar surface area (TPSA) is 49.3 Å². The lowest BCUT2D eigenvalue weighted by molar-refractivity contribution is -0.170. The zero-order valence-corrected chi connectivity index (χ0v) is 11.3. The van der Waals surface area contributed by atoms with Gasteiger partial charge in [0.15, 0.2) is 0 Å². The molecule has 4 rings (SSSR count). The number of alkyl halides is 3. The van der Waals surface area contributed by atoms with Crippen molar-refractivity contribution in [2.24, 2.45) is 17.3 Å². The second kappa shape index (κ2) is 4.36. The van der Waals surface area contributed by atoms with Gasteiger partial charge in [0.2, 0.25) is 5.91 Å². The fraction of sp³-hybridized carbons (Fsp3) is 0.929. The summed E-state index contributed by atoms with van der Waals surface area (Å²) in [6, 6.07) is 0. The molecular weight excluding hydrogens is 271 g/mol. The molecule has 114 valence electrons. The van der Waals surface area contributed by atoms with Crippen molar-refractivity contribution in [3.8, 4) is 0 Å². The lowest BCUT2D eigenvalue weighted by Crippen LogP contribution is -2.56. The predicted molar refractivity (Wildman–Crippen MR) is 65.7 cm³/mol. The van der Waals surface area contributed by atoms with E-state index >= 15 is 0 Å². The fourth-order valence-corrected chi connectivity index (χ4v) is 5.21. The molecule has 4 aliphatic carbocycles. The molecule has 3 nitrogen and oxygen atoms in total. The van der Waals surface area contributed by atoms with E-state index in [1.54, 1.807) is 0 Å². The maximum absolute atomic E-state index is 12.1. The molecular formula is C14H20F3NO2. The van der Waals surface area contributed by atoms with Crippen molar-refractivity contribution in [2.75, 3.05) is 6.54 Å². The number of aliphatic hydroxyl groups is 1. The quantitative estimate of drug-likeness (QED) is 0.839. The van der Waals surface area contributed by atoms with Gasteiger partial charge < -0.3 is 10.4 Å². The zero-order chi connectivity index (χ0) is 14.6. The van der Waals surface area contributed by atoms with E-state index in [0.717, 1.165) is 32.1 Å². The van der Waals surface area contributed by atoms with E-state index in [2.05, 4.69) is 0 Å².